The Bertz CT molecular complexity index is 370. The van der Waals surface area contributed by atoms with Gasteiger partial charge in [-0.3, -0.25) is 0 Å². The van der Waals surface area contributed by atoms with Crippen LogP contribution in [-0.2, 0) is 4.74 Å². The summed E-state index contributed by atoms with van der Waals surface area (Å²) in [5.41, 5.74) is 3.67. The number of nitrogens with one attached hydrogen (secondary N) is 1. The van der Waals surface area contributed by atoms with Gasteiger partial charge in [0, 0.05) is 13.1 Å². The van der Waals surface area contributed by atoms with Crippen molar-refractivity contribution in [3.05, 3.63) is 28.8 Å². The van der Waals surface area contributed by atoms with E-state index in [1.54, 1.807) is 7.11 Å². The van der Waals surface area contributed by atoms with Gasteiger partial charge in [0.2, 0.25) is 0 Å². The number of hydrogen-bond acceptors (Lipinski definition) is 3. The Labute approximate surface area is 96.8 Å². The van der Waals surface area contributed by atoms with Gasteiger partial charge in [-0.15, -0.1) is 0 Å². The number of aryl methyl sites for hydroxylation is 2. The minimum absolute atomic E-state index is 0.179. The van der Waals surface area contributed by atoms with E-state index in [1.165, 1.54) is 11.1 Å². The highest BCUT2D eigenvalue weighted by atomic mass is 16.5. The predicted molar refractivity (Wildman–Crippen MR) is 64.0 cm³/mol. The van der Waals surface area contributed by atoms with E-state index in [9.17, 15) is 0 Å². The van der Waals surface area contributed by atoms with Crippen LogP contribution in [0.15, 0.2) is 12.1 Å². The van der Waals surface area contributed by atoms with Crippen LogP contribution in [0.5, 0.6) is 5.75 Å². The van der Waals surface area contributed by atoms with Gasteiger partial charge >= 0.3 is 0 Å². The molecule has 0 aromatic heterocycles. The Morgan fingerprint density at radius 3 is 2.75 bits per heavy atom. The molecule has 0 saturated carbocycles. The van der Waals surface area contributed by atoms with Crippen LogP contribution in [0.1, 0.15) is 22.8 Å². The van der Waals surface area contributed by atoms with Gasteiger partial charge in [0.05, 0.1) is 19.8 Å². The Balaban J connectivity index is 2.29. The Morgan fingerprint density at radius 2 is 2.12 bits per heavy atom. The molecule has 0 radical (unpaired) electrons. The van der Waals surface area contributed by atoms with Crippen molar-refractivity contribution in [2.75, 3.05) is 26.8 Å². The minimum atomic E-state index is 0.179. The smallest absolute Gasteiger partial charge is 0.122 e. The maximum Gasteiger partial charge on any atom is 0.122 e. The van der Waals surface area contributed by atoms with Crippen molar-refractivity contribution in [1.29, 1.82) is 0 Å². The largest absolute Gasteiger partial charge is 0.496 e. The van der Waals surface area contributed by atoms with Gasteiger partial charge in [-0.1, -0.05) is 0 Å². The zero-order valence-corrected chi connectivity index (χ0v) is 10.2. The maximum absolute atomic E-state index is 5.77. The molecule has 16 heavy (non-hydrogen) atoms. The van der Waals surface area contributed by atoms with Crippen LogP contribution >= 0.6 is 0 Å². The molecule has 0 amide bonds. The molecular weight excluding hydrogens is 202 g/mol. The van der Waals surface area contributed by atoms with Crippen molar-refractivity contribution in [2.45, 2.75) is 20.0 Å². The number of morpholine rings is 1. The zero-order chi connectivity index (χ0) is 11.5. The van der Waals surface area contributed by atoms with E-state index in [-0.39, 0.29) is 6.10 Å². The lowest BCUT2D eigenvalue weighted by Crippen LogP contribution is -2.33. The molecule has 0 bridgehead atoms. The van der Waals surface area contributed by atoms with Gasteiger partial charge in [0.1, 0.15) is 5.75 Å². The summed E-state index contributed by atoms with van der Waals surface area (Å²) in [7, 11) is 1.71. The van der Waals surface area contributed by atoms with Crippen molar-refractivity contribution in [2.24, 2.45) is 0 Å². The third-order valence-corrected chi connectivity index (χ3v) is 3.06. The van der Waals surface area contributed by atoms with Crippen LogP contribution in [0, 0.1) is 13.8 Å². The second-order valence-electron chi connectivity index (χ2n) is 4.24. The van der Waals surface area contributed by atoms with Gasteiger partial charge in [0.15, 0.2) is 0 Å². The van der Waals surface area contributed by atoms with E-state index in [0.29, 0.717) is 0 Å². The average Bonchev–Trinajstić information content (AvgIpc) is 2.32. The van der Waals surface area contributed by atoms with Gasteiger partial charge in [-0.2, -0.15) is 0 Å². The minimum Gasteiger partial charge on any atom is -0.496 e. The average molecular weight is 221 g/mol. The molecule has 0 spiro atoms. The molecular formula is C13H19NO2. The van der Waals surface area contributed by atoms with E-state index >= 15 is 0 Å². The highest BCUT2D eigenvalue weighted by Crippen LogP contribution is 2.28. The van der Waals surface area contributed by atoms with Crippen LogP contribution in [0.25, 0.3) is 0 Å². The highest BCUT2D eigenvalue weighted by molar-refractivity contribution is 5.42. The third-order valence-electron chi connectivity index (χ3n) is 3.06. The lowest BCUT2D eigenvalue weighted by atomic mass is 9.99. The fraction of sp³-hybridized carbons (Fsp3) is 0.538. The first kappa shape index (κ1) is 11.4. The molecule has 1 heterocycles. The fourth-order valence-electron chi connectivity index (χ4n) is 2.14. The Morgan fingerprint density at radius 1 is 1.31 bits per heavy atom. The number of ether oxygens (including phenoxy) is 2. The van der Waals surface area contributed by atoms with E-state index < -0.39 is 0 Å². The van der Waals surface area contributed by atoms with Crippen molar-refractivity contribution in [1.82, 2.24) is 5.32 Å². The van der Waals surface area contributed by atoms with Crippen molar-refractivity contribution >= 4 is 0 Å². The van der Waals surface area contributed by atoms with Gasteiger partial charge in [0.25, 0.3) is 0 Å². The summed E-state index contributed by atoms with van der Waals surface area (Å²) in [6.45, 7) is 6.81. The first-order chi connectivity index (χ1) is 7.72. The topological polar surface area (TPSA) is 30.5 Å². The maximum atomic E-state index is 5.77. The first-order valence-electron chi connectivity index (χ1n) is 5.70. The molecule has 1 aromatic carbocycles. The molecule has 88 valence electrons. The molecule has 1 atom stereocenters. The SMILES string of the molecule is COc1cc(C)c(C2CNCCO2)cc1C. The van der Waals surface area contributed by atoms with Gasteiger partial charge in [-0.25, -0.2) is 0 Å². The van der Waals surface area contributed by atoms with Crippen molar-refractivity contribution < 1.29 is 9.47 Å². The predicted octanol–water partition coefficient (Wildman–Crippen LogP) is 1.97. The third kappa shape index (κ3) is 2.20. The summed E-state index contributed by atoms with van der Waals surface area (Å²) in [5, 5.41) is 3.35. The van der Waals surface area contributed by atoms with E-state index in [2.05, 4.69) is 31.3 Å². The molecule has 1 aliphatic heterocycles. The second kappa shape index (κ2) is 4.85. The number of methoxy groups -OCH3 is 1. The summed E-state index contributed by atoms with van der Waals surface area (Å²) in [4.78, 5) is 0. The number of benzene rings is 1. The number of rotatable bonds is 2. The molecule has 1 unspecified atom stereocenters. The molecule has 1 aromatic rings. The fourth-order valence-corrected chi connectivity index (χ4v) is 2.14. The van der Waals surface area contributed by atoms with Gasteiger partial charge < -0.3 is 14.8 Å². The van der Waals surface area contributed by atoms with Crippen LogP contribution < -0.4 is 10.1 Å². The molecule has 3 heteroatoms. The van der Waals surface area contributed by atoms with Crippen LogP contribution in [0.2, 0.25) is 0 Å². The van der Waals surface area contributed by atoms with Crippen LogP contribution in [-0.4, -0.2) is 26.8 Å². The Hall–Kier alpha value is -1.06. The molecule has 1 N–H and O–H groups in total. The molecule has 2 rings (SSSR count). The van der Waals surface area contributed by atoms with Gasteiger partial charge in [-0.05, 0) is 42.7 Å². The molecule has 0 aliphatic carbocycles. The van der Waals surface area contributed by atoms with Crippen molar-refractivity contribution in [3.63, 3.8) is 0 Å². The second-order valence-corrected chi connectivity index (χ2v) is 4.24. The summed E-state index contributed by atoms with van der Waals surface area (Å²) >= 11 is 0. The van der Waals surface area contributed by atoms with Crippen molar-refractivity contribution in [3.8, 4) is 5.75 Å². The summed E-state index contributed by atoms with van der Waals surface area (Å²) < 4.78 is 11.1. The summed E-state index contributed by atoms with van der Waals surface area (Å²) in [6, 6.07) is 4.26. The van der Waals surface area contributed by atoms with Crippen LogP contribution in [0.4, 0.5) is 0 Å². The first-order valence-corrected chi connectivity index (χ1v) is 5.70. The lowest BCUT2D eigenvalue weighted by Gasteiger charge is -2.26. The number of hydrogen-bond donors (Lipinski definition) is 1. The standard InChI is InChI=1S/C13H19NO2/c1-9-7-12(15-3)10(2)6-11(9)13-8-14-4-5-16-13/h6-7,13-14H,4-5,8H2,1-3H3. The lowest BCUT2D eigenvalue weighted by molar-refractivity contribution is 0.0272. The van der Waals surface area contributed by atoms with E-state index in [0.717, 1.165) is 31.0 Å². The summed E-state index contributed by atoms with van der Waals surface area (Å²) in [5.74, 6) is 0.949. The molecule has 1 saturated heterocycles. The quantitative estimate of drug-likeness (QED) is 0.828. The highest BCUT2D eigenvalue weighted by Gasteiger charge is 2.18. The molecule has 3 nitrogen and oxygen atoms in total. The van der Waals surface area contributed by atoms with Crippen LogP contribution in [0.3, 0.4) is 0 Å². The van der Waals surface area contributed by atoms with E-state index in [4.69, 9.17) is 9.47 Å². The monoisotopic (exact) mass is 221 g/mol. The van der Waals surface area contributed by atoms with E-state index in [1.807, 2.05) is 0 Å². The zero-order valence-electron chi connectivity index (χ0n) is 10.2. The normalized spacial score (nSPS) is 20.8. The Kier molecular flexibility index (Phi) is 3.46. The summed E-state index contributed by atoms with van der Waals surface area (Å²) in [6.07, 6.45) is 0.179. The molecule has 1 fully saturated rings. The molecule has 1 aliphatic rings.